The SMILES string of the molecule is CC(C)(C)c1cccc(OC(=O)Oc2ccc([N+](=O)[O-])cc2)c1. The van der Waals surface area contributed by atoms with Crippen molar-refractivity contribution >= 4 is 11.8 Å². The fraction of sp³-hybridized carbons (Fsp3) is 0.235. The topological polar surface area (TPSA) is 78.7 Å². The van der Waals surface area contributed by atoms with E-state index in [0.717, 1.165) is 5.56 Å². The minimum absolute atomic E-state index is 0.0678. The zero-order chi connectivity index (χ0) is 17.0. The minimum Gasteiger partial charge on any atom is -0.395 e. The van der Waals surface area contributed by atoms with Gasteiger partial charge in [0.1, 0.15) is 11.5 Å². The van der Waals surface area contributed by atoms with Gasteiger partial charge in [0.2, 0.25) is 0 Å². The Morgan fingerprint density at radius 1 is 1.00 bits per heavy atom. The summed E-state index contributed by atoms with van der Waals surface area (Å²) < 4.78 is 10.1. The highest BCUT2D eigenvalue weighted by atomic mass is 16.7. The van der Waals surface area contributed by atoms with Crippen molar-refractivity contribution in [3.8, 4) is 11.5 Å². The highest BCUT2D eigenvalue weighted by Crippen LogP contribution is 2.26. The molecule has 2 rings (SSSR count). The first-order valence-corrected chi connectivity index (χ1v) is 7.00. The van der Waals surface area contributed by atoms with Crippen LogP contribution >= 0.6 is 0 Å². The van der Waals surface area contributed by atoms with Crippen LogP contribution in [-0.2, 0) is 5.41 Å². The quantitative estimate of drug-likeness (QED) is 0.361. The lowest BCUT2D eigenvalue weighted by Crippen LogP contribution is -2.15. The molecular formula is C17H17NO5. The number of carbonyl (C=O) groups excluding carboxylic acids is 1. The van der Waals surface area contributed by atoms with Crippen LogP contribution in [0.15, 0.2) is 48.5 Å². The molecule has 0 saturated carbocycles. The molecule has 0 aliphatic carbocycles. The molecule has 0 N–H and O–H groups in total. The first kappa shape index (κ1) is 16.5. The Morgan fingerprint density at radius 2 is 1.61 bits per heavy atom. The summed E-state index contributed by atoms with van der Waals surface area (Å²) in [5.74, 6) is 0.553. The van der Waals surface area contributed by atoms with Gasteiger partial charge in [0.25, 0.3) is 5.69 Å². The van der Waals surface area contributed by atoms with Gasteiger partial charge in [-0.3, -0.25) is 10.1 Å². The van der Waals surface area contributed by atoms with Crippen LogP contribution < -0.4 is 9.47 Å². The van der Waals surface area contributed by atoms with Crippen molar-refractivity contribution in [2.24, 2.45) is 0 Å². The number of nitro groups is 1. The summed E-state index contributed by atoms with van der Waals surface area (Å²) in [6, 6.07) is 12.4. The third-order valence-corrected chi connectivity index (χ3v) is 3.15. The smallest absolute Gasteiger partial charge is 0.395 e. The Hall–Kier alpha value is -2.89. The number of hydrogen-bond donors (Lipinski definition) is 0. The van der Waals surface area contributed by atoms with E-state index in [-0.39, 0.29) is 16.9 Å². The van der Waals surface area contributed by atoms with E-state index in [0.29, 0.717) is 5.75 Å². The second-order valence-corrected chi connectivity index (χ2v) is 5.98. The van der Waals surface area contributed by atoms with Gasteiger partial charge in [-0.1, -0.05) is 32.9 Å². The van der Waals surface area contributed by atoms with E-state index in [4.69, 9.17) is 9.47 Å². The van der Waals surface area contributed by atoms with Gasteiger partial charge in [-0.05, 0) is 35.2 Å². The molecule has 0 spiro atoms. The van der Waals surface area contributed by atoms with E-state index in [9.17, 15) is 14.9 Å². The molecule has 0 aliphatic heterocycles. The van der Waals surface area contributed by atoms with Gasteiger partial charge in [-0.25, -0.2) is 4.79 Å². The number of ether oxygens (including phenoxy) is 2. The van der Waals surface area contributed by atoms with Crippen LogP contribution in [0.5, 0.6) is 11.5 Å². The van der Waals surface area contributed by atoms with Gasteiger partial charge in [0.15, 0.2) is 0 Å². The third kappa shape index (κ3) is 4.54. The summed E-state index contributed by atoms with van der Waals surface area (Å²) in [7, 11) is 0. The predicted molar refractivity (Wildman–Crippen MR) is 84.9 cm³/mol. The van der Waals surface area contributed by atoms with Crippen molar-refractivity contribution in [3.05, 3.63) is 64.2 Å². The lowest BCUT2D eigenvalue weighted by atomic mass is 9.87. The minimum atomic E-state index is -0.898. The Morgan fingerprint density at radius 3 is 2.17 bits per heavy atom. The maximum absolute atomic E-state index is 11.8. The largest absolute Gasteiger partial charge is 0.519 e. The Bertz CT molecular complexity index is 717. The molecule has 0 bridgehead atoms. The molecule has 120 valence electrons. The van der Waals surface area contributed by atoms with Crippen molar-refractivity contribution < 1.29 is 19.2 Å². The summed E-state index contributed by atoms with van der Waals surface area (Å²) in [5.41, 5.74) is 0.878. The Kier molecular flexibility index (Phi) is 4.64. The number of nitro benzene ring substituents is 1. The molecule has 6 nitrogen and oxygen atoms in total. The van der Waals surface area contributed by atoms with Crippen molar-refractivity contribution in [3.63, 3.8) is 0 Å². The van der Waals surface area contributed by atoms with Gasteiger partial charge in [0.05, 0.1) is 4.92 Å². The molecule has 0 atom stereocenters. The third-order valence-electron chi connectivity index (χ3n) is 3.15. The molecule has 0 heterocycles. The Balaban J connectivity index is 2.03. The van der Waals surface area contributed by atoms with E-state index in [1.807, 2.05) is 6.07 Å². The van der Waals surface area contributed by atoms with E-state index >= 15 is 0 Å². The number of benzene rings is 2. The van der Waals surface area contributed by atoms with Crippen molar-refractivity contribution in [2.45, 2.75) is 26.2 Å². The second kappa shape index (κ2) is 6.48. The number of rotatable bonds is 3. The van der Waals surface area contributed by atoms with Crippen LogP contribution in [0.25, 0.3) is 0 Å². The molecule has 2 aromatic rings. The zero-order valence-electron chi connectivity index (χ0n) is 13.1. The molecule has 0 aliphatic rings. The molecule has 0 saturated heterocycles. The van der Waals surface area contributed by atoms with Crippen molar-refractivity contribution in [1.82, 2.24) is 0 Å². The molecule has 0 radical (unpaired) electrons. The van der Waals surface area contributed by atoms with Crippen molar-refractivity contribution in [1.29, 1.82) is 0 Å². The van der Waals surface area contributed by atoms with Gasteiger partial charge >= 0.3 is 6.16 Å². The van der Waals surface area contributed by atoms with Crippen LogP contribution in [0.2, 0.25) is 0 Å². The highest BCUT2D eigenvalue weighted by Gasteiger charge is 2.15. The van der Waals surface area contributed by atoms with Crippen LogP contribution in [0.4, 0.5) is 10.5 Å². The molecule has 0 aromatic heterocycles. The maximum Gasteiger partial charge on any atom is 0.519 e. The zero-order valence-corrected chi connectivity index (χ0v) is 13.1. The van der Waals surface area contributed by atoms with E-state index < -0.39 is 11.1 Å². The highest BCUT2D eigenvalue weighted by molar-refractivity contribution is 5.67. The average molecular weight is 315 g/mol. The molecule has 6 heteroatoms. The predicted octanol–water partition coefficient (Wildman–Crippen LogP) is 4.47. The average Bonchev–Trinajstić information content (AvgIpc) is 2.47. The van der Waals surface area contributed by atoms with Gasteiger partial charge in [-0.2, -0.15) is 0 Å². The summed E-state index contributed by atoms with van der Waals surface area (Å²) in [4.78, 5) is 21.8. The first-order valence-electron chi connectivity index (χ1n) is 7.00. The van der Waals surface area contributed by atoms with Crippen molar-refractivity contribution in [2.75, 3.05) is 0 Å². The lowest BCUT2D eigenvalue weighted by molar-refractivity contribution is -0.384. The number of hydrogen-bond acceptors (Lipinski definition) is 5. The van der Waals surface area contributed by atoms with Crippen LogP contribution in [0, 0.1) is 10.1 Å². The van der Waals surface area contributed by atoms with Crippen LogP contribution in [0.3, 0.4) is 0 Å². The molecule has 23 heavy (non-hydrogen) atoms. The first-order chi connectivity index (χ1) is 10.8. The number of nitrogens with zero attached hydrogens (tertiary/aromatic N) is 1. The monoisotopic (exact) mass is 315 g/mol. The lowest BCUT2D eigenvalue weighted by Gasteiger charge is -2.19. The molecule has 0 unspecified atom stereocenters. The molecule has 0 fully saturated rings. The summed E-state index contributed by atoms with van der Waals surface area (Å²) >= 11 is 0. The van der Waals surface area contributed by atoms with Crippen LogP contribution in [0.1, 0.15) is 26.3 Å². The Labute approximate surface area is 133 Å². The summed E-state index contributed by atoms with van der Waals surface area (Å²) in [5, 5.41) is 10.6. The molecule has 0 amide bonds. The maximum atomic E-state index is 11.8. The second-order valence-electron chi connectivity index (χ2n) is 5.98. The van der Waals surface area contributed by atoms with E-state index in [1.54, 1.807) is 18.2 Å². The fourth-order valence-electron chi connectivity index (χ4n) is 1.88. The molecule has 2 aromatic carbocycles. The fourth-order valence-corrected chi connectivity index (χ4v) is 1.88. The standard InChI is InChI=1S/C17H17NO5/c1-17(2,3)12-5-4-6-15(11-12)23-16(19)22-14-9-7-13(8-10-14)18(20)21/h4-11H,1-3H3. The van der Waals surface area contributed by atoms with E-state index in [2.05, 4.69) is 20.8 Å². The van der Waals surface area contributed by atoms with Gasteiger partial charge in [0, 0.05) is 12.1 Å². The van der Waals surface area contributed by atoms with Gasteiger partial charge in [-0.15, -0.1) is 0 Å². The van der Waals surface area contributed by atoms with Gasteiger partial charge < -0.3 is 9.47 Å². The summed E-state index contributed by atoms with van der Waals surface area (Å²) in [6.45, 7) is 6.17. The van der Waals surface area contributed by atoms with Crippen LogP contribution in [-0.4, -0.2) is 11.1 Å². The summed E-state index contributed by atoms with van der Waals surface area (Å²) in [6.07, 6.45) is -0.898. The number of non-ortho nitro benzene ring substituents is 1. The number of carbonyl (C=O) groups is 1. The molecular weight excluding hydrogens is 298 g/mol. The normalized spacial score (nSPS) is 10.9. The van der Waals surface area contributed by atoms with E-state index in [1.165, 1.54) is 24.3 Å².